The topological polar surface area (TPSA) is 38.5 Å². The molecule has 0 aliphatic heterocycles. The van der Waals surface area contributed by atoms with E-state index in [2.05, 4.69) is 48.4 Å². The van der Waals surface area contributed by atoms with Crippen LogP contribution in [0.3, 0.4) is 0 Å². The summed E-state index contributed by atoms with van der Waals surface area (Å²) < 4.78 is 5.35. The molecule has 0 saturated heterocycles. The largest absolute Gasteiger partial charge is 0.497 e. The predicted molar refractivity (Wildman–Crippen MR) is 86.5 cm³/mol. The SMILES string of the molecule is COc1ccc(CN)c(N(Cc2cccs2)C(C)C)c1. The maximum Gasteiger partial charge on any atom is 0.120 e. The molecule has 0 atom stereocenters. The lowest BCUT2D eigenvalue weighted by Crippen LogP contribution is -2.31. The maximum atomic E-state index is 5.89. The summed E-state index contributed by atoms with van der Waals surface area (Å²) in [5.74, 6) is 0.869. The summed E-state index contributed by atoms with van der Waals surface area (Å²) in [6.45, 7) is 5.84. The van der Waals surface area contributed by atoms with Gasteiger partial charge in [0.15, 0.2) is 0 Å². The zero-order valence-electron chi connectivity index (χ0n) is 12.3. The van der Waals surface area contributed by atoms with Gasteiger partial charge in [-0.3, -0.25) is 0 Å². The Morgan fingerprint density at radius 2 is 2.10 bits per heavy atom. The minimum atomic E-state index is 0.398. The molecule has 0 amide bonds. The molecular weight excluding hydrogens is 268 g/mol. The molecule has 0 radical (unpaired) electrons. The zero-order chi connectivity index (χ0) is 14.5. The van der Waals surface area contributed by atoms with Crippen molar-refractivity contribution in [3.63, 3.8) is 0 Å². The molecule has 2 rings (SSSR count). The van der Waals surface area contributed by atoms with Gasteiger partial charge in [-0.1, -0.05) is 12.1 Å². The highest BCUT2D eigenvalue weighted by atomic mass is 32.1. The van der Waals surface area contributed by atoms with E-state index >= 15 is 0 Å². The van der Waals surface area contributed by atoms with Gasteiger partial charge in [-0.25, -0.2) is 0 Å². The van der Waals surface area contributed by atoms with Gasteiger partial charge in [0.25, 0.3) is 0 Å². The lowest BCUT2D eigenvalue weighted by molar-refractivity contribution is 0.414. The minimum absolute atomic E-state index is 0.398. The smallest absolute Gasteiger partial charge is 0.120 e. The molecule has 3 nitrogen and oxygen atoms in total. The summed E-state index contributed by atoms with van der Waals surface area (Å²) in [6, 6.07) is 10.8. The number of thiophene rings is 1. The van der Waals surface area contributed by atoms with Gasteiger partial charge in [-0.05, 0) is 36.9 Å². The Morgan fingerprint density at radius 3 is 2.65 bits per heavy atom. The number of nitrogens with zero attached hydrogens (tertiary/aromatic N) is 1. The summed E-state index contributed by atoms with van der Waals surface area (Å²) in [5, 5.41) is 2.11. The molecule has 0 saturated carbocycles. The van der Waals surface area contributed by atoms with Crippen LogP contribution >= 0.6 is 11.3 Å². The summed E-state index contributed by atoms with van der Waals surface area (Å²) in [6.07, 6.45) is 0. The summed E-state index contributed by atoms with van der Waals surface area (Å²) in [5.41, 5.74) is 8.20. The van der Waals surface area contributed by atoms with Crippen LogP contribution in [-0.4, -0.2) is 13.2 Å². The van der Waals surface area contributed by atoms with Gasteiger partial charge in [-0.15, -0.1) is 11.3 Å². The molecule has 0 aliphatic carbocycles. The number of rotatable bonds is 6. The molecule has 1 heterocycles. The van der Waals surface area contributed by atoms with E-state index in [1.807, 2.05) is 6.07 Å². The molecule has 2 N–H and O–H groups in total. The van der Waals surface area contributed by atoms with E-state index in [-0.39, 0.29) is 0 Å². The second kappa shape index (κ2) is 6.77. The first kappa shape index (κ1) is 14.9. The average Bonchev–Trinajstić information content (AvgIpc) is 2.96. The van der Waals surface area contributed by atoms with Crippen molar-refractivity contribution in [1.82, 2.24) is 0 Å². The first-order chi connectivity index (χ1) is 9.65. The summed E-state index contributed by atoms with van der Waals surface area (Å²) >= 11 is 1.78. The van der Waals surface area contributed by atoms with E-state index in [0.29, 0.717) is 12.6 Å². The highest BCUT2D eigenvalue weighted by molar-refractivity contribution is 7.09. The fourth-order valence-corrected chi connectivity index (χ4v) is 2.93. The van der Waals surface area contributed by atoms with Crippen LogP contribution in [0.25, 0.3) is 0 Å². The normalized spacial score (nSPS) is 10.8. The second-order valence-corrected chi connectivity index (χ2v) is 6.03. The lowest BCUT2D eigenvalue weighted by Gasteiger charge is -2.30. The fraction of sp³-hybridized carbons (Fsp3) is 0.375. The van der Waals surface area contributed by atoms with Gasteiger partial charge in [0.1, 0.15) is 5.75 Å². The Hall–Kier alpha value is -1.52. The number of benzene rings is 1. The van der Waals surface area contributed by atoms with Gasteiger partial charge in [0, 0.05) is 29.2 Å². The Balaban J connectivity index is 2.37. The molecule has 1 aromatic heterocycles. The van der Waals surface area contributed by atoms with E-state index in [1.165, 1.54) is 4.88 Å². The Labute approximate surface area is 125 Å². The van der Waals surface area contributed by atoms with Gasteiger partial charge in [0.2, 0.25) is 0 Å². The molecule has 0 fully saturated rings. The molecule has 2 aromatic rings. The molecule has 1 aromatic carbocycles. The predicted octanol–water partition coefficient (Wildman–Crippen LogP) is 3.63. The van der Waals surface area contributed by atoms with Crippen LogP contribution in [0.5, 0.6) is 5.75 Å². The van der Waals surface area contributed by atoms with Crippen LogP contribution in [0, 0.1) is 0 Å². The monoisotopic (exact) mass is 290 g/mol. The van der Waals surface area contributed by atoms with Crippen molar-refractivity contribution in [3.8, 4) is 5.75 Å². The summed E-state index contributed by atoms with van der Waals surface area (Å²) in [4.78, 5) is 3.72. The Morgan fingerprint density at radius 1 is 1.30 bits per heavy atom. The van der Waals surface area contributed by atoms with Crippen LogP contribution in [0.1, 0.15) is 24.3 Å². The van der Waals surface area contributed by atoms with Crippen LogP contribution in [0.15, 0.2) is 35.7 Å². The van der Waals surface area contributed by atoms with Crippen LogP contribution in [-0.2, 0) is 13.1 Å². The van der Waals surface area contributed by atoms with Crippen LogP contribution in [0.4, 0.5) is 5.69 Å². The minimum Gasteiger partial charge on any atom is -0.497 e. The van der Waals surface area contributed by atoms with Gasteiger partial charge >= 0.3 is 0 Å². The second-order valence-electron chi connectivity index (χ2n) is 5.00. The molecule has 0 aliphatic rings. The van der Waals surface area contributed by atoms with Crippen molar-refractivity contribution in [1.29, 1.82) is 0 Å². The quantitative estimate of drug-likeness (QED) is 0.883. The molecule has 0 bridgehead atoms. The van der Waals surface area contributed by atoms with E-state index in [4.69, 9.17) is 10.5 Å². The first-order valence-corrected chi connectivity index (χ1v) is 7.69. The zero-order valence-corrected chi connectivity index (χ0v) is 13.1. The number of hydrogen-bond donors (Lipinski definition) is 1. The molecule has 0 unspecified atom stereocenters. The third-order valence-corrected chi connectivity index (χ3v) is 4.21. The number of hydrogen-bond acceptors (Lipinski definition) is 4. The highest BCUT2D eigenvalue weighted by Crippen LogP contribution is 2.29. The average molecular weight is 290 g/mol. The van der Waals surface area contributed by atoms with Gasteiger partial charge < -0.3 is 15.4 Å². The lowest BCUT2D eigenvalue weighted by atomic mass is 10.1. The van der Waals surface area contributed by atoms with E-state index < -0.39 is 0 Å². The first-order valence-electron chi connectivity index (χ1n) is 6.81. The number of anilines is 1. The van der Waals surface area contributed by atoms with Gasteiger partial charge in [0.05, 0.1) is 13.7 Å². The number of nitrogens with two attached hydrogens (primary N) is 1. The van der Waals surface area contributed by atoms with Crippen molar-refractivity contribution in [2.24, 2.45) is 5.73 Å². The number of methoxy groups -OCH3 is 1. The molecule has 0 spiro atoms. The van der Waals surface area contributed by atoms with Crippen LogP contribution < -0.4 is 15.4 Å². The highest BCUT2D eigenvalue weighted by Gasteiger charge is 2.16. The van der Waals surface area contributed by atoms with Crippen molar-refractivity contribution in [3.05, 3.63) is 46.2 Å². The summed E-state index contributed by atoms with van der Waals surface area (Å²) in [7, 11) is 1.69. The third kappa shape index (κ3) is 3.32. The molecule has 20 heavy (non-hydrogen) atoms. The Kier molecular flexibility index (Phi) is 5.04. The molecular formula is C16H22N2OS. The fourth-order valence-electron chi connectivity index (χ4n) is 2.23. The maximum absolute atomic E-state index is 5.89. The van der Waals surface area contributed by atoms with Crippen molar-refractivity contribution in [2.45, 2.75) is 33.0 Å². The molecule has 108 valence electrons. The standard InChI is InChI=1S/C16H22N2OS/c1-12(2)18(11-15-5-4-8-20-15)16-9-14(19-3)7-6-13(16)10-17/h4-9,12H,10-11,17H2,1-3H3. The van der Waals surface area contributed by atoms with Crippen molar-refractivity contribution >= 4 is 17.0 Å². The van der Waals surface area contributed by atoms with Crippen molar-refractivity contribution in [2.75, 3.05) is 12.0 Å². The van der Waals surface area contributed by atoms with Crippen LogP contribution in [0.2, 0.25) is 0 Å². The Bertz CT molecular complexity index is 537. The van der Waals surface area contributed by atoms with Crippen molar-refractivity contribution < 1.29 is 4.74 Å². The third-order valence-electron chi connectivity index (χ3n) is 3.35. The van der Waals surface area contributed by atoms with Gasteiger partial charge in [-0.2, -0.15) is 0 Å². The van der Waals surface area contributed by atoms with E-state index in [9.17, 15) is 0 Å². The number of ether oxygens (including phenoxy) is 1. The van der Waals surface area contributed by atoms with E-state index in [0.717, 1.165) is 23.5 Å². The van der Waals surface area contributed by atoms with E-state index in [1.54, 1.807) is 18.4 Å². The molecule has 4 heteroatoms.